The highest BCUT2D eigenvalue weighted by Crippen LogP contribution is 2.23. The van der Waals surface area contributed by atoms with Crippen molar-refractivity contribution in [1.29, 1.82) is 0 Å². The van der Waals surface area contributed by atoms with Gasteiger partial charge in [-0.05, 0) is 35.9 Å². The SMILES string of the molecule is O=C1/C(=C\c2ccc(F)c(F)c2)Cn2cccc21. The predicted molar refractivity (Wildman–Crippen MR) is 63.1 cm³/mol. The number of carbonyl (C=O) groups excluding carboxylic acids is 1. The molecule has 90 valence electrons. The number of rotatable bonds is 1. The lowest BCUT2D eigenvalue weighted by Gasteiger charge is -1.98. The summed E-state index contributed by atoms with van der Waals surface area (Å²) in [6.07, 6.45) is 3.41. The van der Waals surface area contributed by atoms with Crippen LogP contribution in [0.3, 0.4) is 0 Å². The summed E-state index contributed by atoms with van der Waals surface area (Å²) in [6.45, 7) is 0.472. The maximum Gasteiger partial charge on any atom is 0.207 e. The second-order valence-electron chi connectivity index (χ2n) is 4.19. The van der Waals surface area contributed by atoms with Crippen molar-refractivity contribution in [1.82, 2.24) is 4.57 Å². The minimum absolute atomic E-state index is 0.0651. The lowest BCUT2D eigenvalue weighted by molar-refractivity contribution is 0.103. The lowest BCUT2D eigenvalue weighted by atomic mass is 10.1. The molecule has 3 rings (SSSR count). The first-order valence-electron chi connectivity index (χ1n) is 5.50. The highest BCUT2D eigenvalue weighted by atomic mass is 19.2. The van der Waals surface area contributed by atoms with Crippen LogP contribution in [-0.4, -0.2) is 10.4 Å². The Morgan fingerprint density at radius 1 is 1.17 bits per heavy atom. The number of aromatic nitrogens is 1. The molecule has 0 amide bonds. The van der Waals surface area contributed by atoms with Gasteiger partial charge in [0, 0.05) is 11.8 Å². The smallest absolute Gasteiger partial charge is 0.207 e. The summed E-state index contributed by atoms with van der Waals surface area (Å²) in [5.74, 6) is -1.86. The molecule has 0 radical (unpaired) electrons. The number of ketones is 1. The third-order valence-corrected chi connectivity index (χ3v) is 2.98. The van der Waals surface area contributed by atoms with Gasteiger partial charge in [0.1, 0.15) is 0 Å². The van der Waals surface area contributed by atoms with Crippen LogP contribution in [0.15, 0.2) is 42.1 Å². The molecule has 0 bridgehead atoms. The Morgan fingerprint density at radius 3 is 2.72 bits per heavy atom. The van der Waals surface area contributed by atoms with Crippen molar-refractivity contribution in [3.05, 3.63) is 65.0 Å². The van der Waals surface area contributed by atoms with E-state index in [0.29, 0.717) is 23.4 Å². The van der Waals surface area contributed by atoms with Crippen molar-refractivity contribution in [2.45, 2.75) is 6.54 Å². The van der Waals surface area contributed by atoms with Gasteiger partial charge in [0.15, 0.2) is 11.6 Å². The van der Waals surface area contributed by atoms with Gasteiger partial charge in [0.2, 0.25) is 5.78 Å². The highest BCUT2D eigenvalue weighted by Gasteiger charge is 2.23. The van der Waals surface area contributed by atoms with Crippen LogP contribution in [0.4, 0.5) is 8.78 Å². The summed E-state index contributed by atoms with van der Waals surface area (Å²) in [4.78, 5) is 12.0. The van der Waals surface area contributed by atoms with Gasteiger partial charge in [-0.2, -0.15) is 0 Å². The van der Waals surface area contributed by atoms with E-state index in [1.807, 2.05) is 16.8 Å². The topological polar surface area (TPSA) is 22.0 Å². The minimum Gasteiger partial charge on any atom is -0.340 e. The van der Waals surface area contributed by atoms with E-state index in [9.17, 15) is 13.6 Å². The van der Waals surface area contributed by atoms with Crippen LogP contribution in [0.5, 0.6) is 0 Å². The molecule has 0 aliphatic carbocycles. The molecule has 0 N–H and O–H groups in total. The number of allylic oxidation sites excluding steroid dienone is 1. The van der Waals surface area contributed by atoms with Crippen LogP contribution in [0.2, 0.25) is 0 Å². The summed E-state index contributed by atoms with van der Waals surface area (Å²) in [6, 6.07) is 7.15. The van der Waals surface area contributed by atoms with Gasteiger partial charge < -0.3 is 4.57 Å². The Balaban J connectivity index is 1.97. The molecule has 0 saturated heterocycles. The Hall–Kier alpha value is -2.23. The fraction of sp³-hybridized carbons (Fsp3) is 0.0714. The predicted octanol–water partition coefficient (Wildman–Crippen LogP) is 3.05. The van der Waals surface area contributed by atoms with E-state index < -0.39 is 11.6 Å². The molecule has 18 heavy (non-hydrogen) atoms. The first kappa shape index (κ1) is 10.9. The maximum atomic E-state index is 13.1. The number of fused-ring (bicyclic) bond motifs is 1. The molecular weight excluding hydrogens is 236 g/mol. The summed E-state index contributed by atoms with van der Waals surface area (Å²) in [5, 5.41) is 0. The Labute approximate surface area is 102 Å². The molecule has 1 aliphatic heterocycles. The summed E-state index contributed by atoms with van der Waals surface area (Å²) in [7, 11) is 0. The normalized spacial score (nSPS) is 16.3. The van der Waals surface area contributed by atoms with Gasteiger partial charge in [-0.15, -0.1) is 0 Å². The Kier molecular flexibility index (Phi) is 2.37. The molecule has 1 aliphatic rings. The van der Waals surface area contributed by atoms with E-state index in [2.05, 4.69) is 0 Å². The maximum absolute atomic E-state index is 13.1. The number of Topliss-reactive ketones (excluding diaryl/α,β-unsaturated/α-hetero) is 1. The molecule has 2 aromatic rings. The van der Waals surface area contributed by atoms with Gasteiger partial charge >= 0.3 is 0 Å². The average Bonchev–Trinajstić information content (AvgIpc) is 2.89. The zero-order valence-corrected chi connectivity index (χ0v) is 9.36. The molecule has 4 heteroatoms. The number of nitrogens with zero attached hydrogens (tertiary/aromatic N) is 1. The molecular formula is C14H9F2NO. The van der Waals surface area contributed by atoms with Crippen LogP contribution < -0.4 is 0 Å². The number of carbonyl (C=O) groups is 1. The second kappa shape index (κ2) is 3.91. The average molecular weight is 245 g/mol. The molecule has 0 fully saturated rings. The van der Waals surface area contributed by atoms with E-state index >= 15 is 0 Å². The zero-order valence-electron chi connectivity index (χ0n) is 9.36. The monoisotopic (exact) mass is 245 g/mol. The Morgan fingerprint density at radius 2 is 2.00 bits per heavy atom. The molecule has 1 aromatic carbocycles. The van der Waals surface area contributed by atoms with Gasteiger partial charge in [-0.25, -0.2) is 8.78 Å². The first-order valence-corrected chi connectivity index (χ1v) is 5.50. The molecule has 0 spiro atoms. The van der Waals surface area contributed by atoms with E-state index in [4.69, 9.17) is 0 Å². The largest absolute Gasteiger partial charge is 0.340 e. The molecule has 2 nitrogen and oxygen atoms in total. The standard InChI is InChI=1S/C14H9F2NO/c15-11-4-3-9(7-12(11)16)6-10-8-17-5-1-2-13(17)14(10)18/h1-7H,8H2/b10-6-. The van der Waals surface area contributed by atoms with Crippen LogP contribution >= 0.6 is 0 Å². The van der Waals surface area contributed by atoms with E-state index in [-0.39, 0.29) is 5.78 Å². The molecule has 2 heterocycles. The summed E-state index contributed by atoms with van der Waals surface area (Å²) in [5.41, 5.74) is 1.70. The molecule has 0 unspecified atom stereocenters. The van der Waals surface area contributed by atoms with Gasteiger partial charge in [0.05, 0.1) is 12.2 Å². The van der Waals surface area contributed by atoms with Crippen molar-refractivity contribution in [2.75, 3.05) is 0 Å². The number of hydrogen-bond donors (Lipinski definition) is 0. The van der Waals surface area contributed by atoms with E-state index in [1.54, 1.807) is 12.1 Å². The second-order valence-corrected chi connectivity index (χ2v) is 4.19. The van der Waals surface area contributed by atoms with Crippen molar-refractivity contribution < 1.29 is 13.6 Å². The first-order chi connectivity index (χ1) is 8.65. The van der Waals surface area contributed by atoms with Crippen molar-refractivity contribution in [2.24, 2.45) is 0 Å². The third kappa shape index (κ3) is 1.66. The van der Waals surface area contributed by atoms with Gasteiger partial charge in [-0.3, -0.25) is 4.79 Å². The van der Waals surface area contributed by atoms with Crippen molar-refractivity contribution >= 4 is 11.9 Å². The van der Waals surface area contributed by atoms with Crippen LogP contribution in [0, 0.1) is 11.6 Å². The highest BCUT2D eigenvalue weighted by molar-refractivity contribution is 6.12. The van der Waals surface area contributed by atoms with E-state index in [1.165, 1.54) is 6.07 Å². The fourth-order valence-electron chi connectivity index (χ4n) is 2.09. The summed E-state index contributed by atoms with van der Waals surface area (Å²) >= 11 is 0. The Bertz CT molecular complexity index is 670. The number of halogens is 2. The van der Waals surface area contributed by atoms with Crippen molar-refractivity contribution in [3.63, 3.8) is 0 Å². The van der Waals surface area contributed by atoms with Crippen LogP contribution in [0.1, 0.15) is 16.1 Å². The molecule has 0 saturated carbocycles. The fourth-order valence-corrected chi connectivity index (χ4v) is 2.09. The zero-order chi connectivity index (χ0) is 12.7. The molecule has 1 aromatic heterocycles. The van der Waals surface area contributed by atoms with E-state index in [0.717, 1.165) is 12.1 Å². The number of benzene rings is 1. The van der Waals surface area contributed by atoms with Crippen LogP contribution in [-0.2, 0) is 6.54 Å². The minimum atomic E-state index is -0.908. The van der Waals surface area contributed by atoms with Gasteiger partial charge in [0.25, 0.3) is 0 Å². The summed E-state index contributed by atoms with van der Waals surface area (Å²) < 4.78 is 27.7. The van der Waals surface area contributed by atoms with Gasteiger partial charge in [-0.1, -0.05) is 6.07 Å². The lowest BCUT2D eigenvalue weighted by Crippen LogP contribution is -1.95. The van der Waals surface area contributed by atoms with Crippen LogP contribution in [0.25, 0.3) is 6.08 Å². The number of hydrogen-bond acceptors (Lipinski definition) is 1. The molecule has 0 atom stereocenters. The quantitative estimate of drug-likeness (QED) is 0.708. The van der Waals surface area contributed by atoms with Crippen molar-refractivity contribution in [3.8, 4) is 0 Å². The third-order valence-electron chi connectivity index (χ3n) is 2.98.